The number of hydrogen-bond donors (Lipinski definition) is 1. The van der Waals surface area contributed by atoms with Crippen LogP contribution in [0.4, 0.5) is 0 Å². The summed E-state index contributed by atoms with van der Waals surface area (Å²) in [4.78, 5) is 12.6. The Bertz CT molecular complexity index is 1090. The molecule has 7 nitrogen and oxygen atoms in total. The van der Waals surface area contributed by atoms with Crippen molar-refractivity contribution in [2.45, 2.75) is 25.2 Å². The van der Waals surface area contributed by atoms with Gasteiger partial charge in [-0.25, -0.2) is 13.1 Å². The minimum atomic E-state index is -3.60. The molecule has 3 rings (SSSR count). The lowest BCUT2D eigenvalue weighted by molar-refractivity contribution is 0.0954. The highest BCUT2D eigenvalue weighted by atomic mass is 32.2. The Labute approximate surface area is 177 Å². The van der Waals surface area contributed by atoms with Crippen molar-refractivity contribution >= 4 is 15.9 Å². The van der Waals surface area contributed by atoms with Gasteiger partial charge >= 0.3 is 0 Å². The molecule has 0 aliphatic carbocycles. The Morgan fingerprint density at radius 2 is 1.80 bits per heavy atom. The van der Waals surface area contributed by atoms with Gasteiger partial charge in [0, 0.05) is 31.4 Å². The number of sulfonamides is 1. The summed E-state index contributed by atoms with van der Waals surface area (Å²) in [6, 6.07) is 15.9. The van der Waals surface area contributed by atoms with E-state index < -0.39 is 10.0 Å². The second-order valence-electron chi connectivity index (χ2n) is 6.75. The SMILES string of the molecule is CCN(CC)S(=O)(=O)c1cccc(C(=O)NCCc2cnn(-c3ccccc3)c2)c1. The third-order valence-electron chi connectivity index (χ3n) is 4.80. The first-order valence-corrected chi connectivity index (χ1v) is 11.4. The molecule has 0 saturated carbocycles. The zero-order chi connectivity index (χ0) is 21.6. The van der Waals surface area contributed by atoms with E-state index >= 15 is 0 Å². The molecule has 0 saturated heterocycles. The van der Waals surface area contributed by atoms with Crippen molar-refractivity contribution in [3.8, 4) is 5.69 Å². The largest absolute Gasteiger partial charge is 0.352 e. The summed E-state index contributed by atoms with van der Waals surface area (Å²) in [6.07, 6.45) is 4.32. The lowest BCUT2D eigenvalue weighted by atomic mass is 10.2. The summed E-state index contributed by atoms with van der Waals surface area (Å²) >= 11 is 0. The van der Waals surface area contributed by atoms with Gasteiger partial charge in [0.15, 0.2) is 0 Å². The molecule has 158 valence electrons. The van der Waals surface area contributed by atoms with E-state index in [4.69, 9.17) is 0 Å². The third kappa shape index (κ3) is 4.95. The molecule has 0 unspecified atom stereocenters. The van der Waals surface area contributed by atoms with Gasteiger partial charge < -0.3 is 5.32 Å². The van der Waals surface area contributed by atoms with Crippen LogP contribution in [0.25, 0.3) is 5.69 Å². The zero-order valence-corrected chi connectivity index (χ0v) is 18.0. The second kappa shape index (κ2) is 9.69. The first-order chi connectivity index (χ1) is 14.5. The quantitative estimate of drug-likeness (QED) is 0.570. The molecule has 0 fully saturated rings. The molecule has 0 atom stereocenters. The highest BCUT2D eigenvalue weighted by Gasteiger charge is 2.22. The van der Waals surface area contributed by atoms with Gasteiger partial charge in [-0.05, 0) is 42.3 Å². The number of aromatic nitrogens is 2. The molecule has 1 N–H and O–H groups in total. The van der Waals surface area contributed by atoms with Crippen LogP contribution in [0.15, 0.2) is 71.9 Å². The normalized spacial score (nSPS) is 11.6. The predicted octanol–water partition coefficient (Wildman–Crippen LogP) is 2.88. The van der Waals surface area contributed by atoms with Gasteiger partial charge in [-0.3, -0.25) is 4.79 Å². The van der Waals surface area contributed by atoms with E-state index in [9.17, 15) is 13.2 Å². The van der Waals surface area contributed by atoms with E-state index in [1.165, 1.54) is 16.4 Å². The fourth-order valence-corrected chi connectivity index (χ4v) is 4.65. The number of amides is 1. The number of nitrogens with one attached hydrogen (secondary N) is 1. The smallest absolute Gasteiger partial charge is 0.251 e. The lowest BCUT2D eigenvalue weighted by Gasteiger charge is -2.18. The summed E-state index contributed by atoms with van der Waals surface area (Å²) in [7, 11) is -3.60. The fraction of sp³-hybridized carbons (Fsp3) is 0.273. The summed E-state index contributed by atoms with van der Waals surface area (Å²) < 4.78 is 28.5. The number of para-hydroxylation sites is 1. The molecule has 2 aromatic carbocycles. The summed E-state index contributed by atoms with van der Waals surface area (Å²) in [5, 5.41) is 7.19. The van der Waals surface area contributed by atoms with E-state index in [0.29, 0.717) is 31.6 Å². The van der Waals surface area contributed by atoms with Gasteiger partial charge in [-0.15, -0.1) is 0 Å². The van der Waals surface area contributed by atoms with Crippen molar-refractivity contribution in [3.05, 3.63) is 78.1 Å². The van der Waals surface area contributed by atoms with E-state index in [1.54, 1.807) is 36.9 Å². The second-order valence-corrected chi connectivity index (χ2v) is 8.69. The average molecular weight is 427 g/mol. The van der Waals surface area contributed by atoms with Crippen LogP contribution in [0.1, 0.15) is 29.8 Å². The van der Waals surface area contributed by atoms with Crippen LogP contribution >= 0.6 is 0 Å². The molecular formula is C22H26N4O3S. The molecule has 0 aliphatic heterocycles. The Balaban J connectivity index is 1.61. The standard InChI is InChI=1S/C22H26N4O3S/c1-3-25(4-2)30(28,29)21-12-8-9-19(15-21)22(27)23-14-13-18-16-24-26(17-18)20-10-6-5-7-11-20/h5-12,15-17H,3-4,13-14H2,1-2H3,(H,23,27). The highest BCUT2D eigenvalue weighted by Crippen LogP contribution is 2.17. The maximum Gasteiger partial charge on any atom is 0.251 e. The number of carbonyl (C=O) groups is 1. The van der Waals surface area contributed by atoms with Gasteiger partial charge in [0.1, 0.15) is 0 Å². The minimum absolute atomic E-state index is 0.128. The maximum absolute atomic E-state index is 12.7. The summed E-state index contributed by atoms with van der Waals surface area (Å²) in [5.41, 5.74) is 2.29. The molecule has 0 aliphatic rings. The van der Waals surface area contributed by atoms with Gasteiger partial charge in [0.25, 0.3) is 5.91 Å². The average Bonchev–Trinajstić information content (AvgIpc) is 3.24. The molecule has 0 spiro atoms. The van der Waals surface area contributed by atoms with Gasteiger partial charge in [-0.2, -0.15) is 9.40 Å². The summed E-state index contributed by atoms with van der Waals surface area (Å²) in [6.45, 7) is 4.76. The first kappa shape index (κ1) is 21.7. The first-order valence-electron chi connectivity index (χ1n) is 9.93. The molecule has 1 amide bonds. The van der Waals surface area contributed by atoms with Crippen molar-refractivity contribution < 1.29 is 13.2 Å². The van der Waals surface area contributed by atoms with Crippen LogP contribution in [-0.4, -0.2) is 48.0 Å². The molecule has 30 heavy (non-hydrogen) atoms. The van der Waals surface area contributed by atoms with Crippen LogP contribution in [0.2, 0.25) is 0 Å². The maximum atomic E-state index is 12.7. The van der Waals surface area contributed by atoms with E-state index in [0.717, 1.165) is 11.3 Å². The Kier molecular flexibility index (Phi) is 7.02. The third-order valence-corrected chi connectivity index (χ3v) is 6.84. The molecule has 1 aromatic heterocycles. The van der Waals surface area contributed by atoms with Gasteiger partial charge in [0.05, 0.1) is 16.8 Å². The van der Waals surface area contributed by atoms with Crippen LogP contribution in [0.5, 0.6) is 0 Å². The topological polar surface area (TPSA) is 84.3 Å². The van der Waals surface area contributed by atoms with Crippen LogP contribution in [0, 0.1) is 0 Å². The van der Waals surface area contributed by atoms with Crippen molar-refractivity contribution in [2.75, 3.05) is 19.6 Å². The molecule has 1 heterocycles. The van der Waals surface area contributed by atoms with E-state index in [2.05, 4.69) is 10.4 Å². The van der Waals surface area contributed by atoms with Crippen LogP contribution in [-0.2, 0) is 16.4 Å². The predicted molar refractivity (Wildman–Crippen MR) is 116 cm³/mol. The molecule has 0 radical (unpaired) electrons. The molecule has 0 bridgehead atoms. The Morgan fingerprint density at radius 3 is 2.50 bits per heavy atom. The zero-order valence-electron chi connectivity index (χ0n) is 17.2. The van der Waals surface area contributed by atoms with Crippen LogP contribution < -0.4 is 5.32 Å². The fourth-order valence-electron chi connectivity index (χ4n) is 3.14. The number of benzene rings is 2. The van der Waals surface area contributed by atoms with Crippen molar-refractivity contribution in [1.82, 2.24) is 19.4 Å². The Morgan fingerprint density at radius 1 is 1.07 bits per heavy atom. The van der Waals surface area contributed by atoms with Crippen LogP contribution in [0.3, 0.4) is 0 Å². The van der Waals surface area contributed by atoms with Crippen molar-refractivity contribution in [1.29, 1.82) is 0 Å². The number of nitrogens with zero attached hydrogens (tertiary/aromatic N) is 3. The van der Waals surface area contributed by atoms with Gasteiger partial charge in [-0.1, -0.05) is 38.1 Å². The number of hydrogen-bond acceptors (Lipinski definition) is 4. The highest BCUT2D eigenvalue weighted by molar-refractivity contribution is 7.89. The number of rotatable bonds is 9. The molecular weight excluding hydrogens is 400 g/mol. The van der Waals surface area contributed by atoms with Crippen molar-refractivity contribution in [3.63, 3.8) is 0 Å². The molecule has 8 heteroatoms. The molecule has 3 aromatic rings. The van der Waals surface area contributed by atoms with Crippen molar-refractivity contribution in [2.24, 2.45) is 0 Å². The monoisotopic (exact) mass is 426 g/mol. The Hall–Kier alpha value is -2.97. The van der Waals surface area contributed by atoms with E-state index in [-0.39, 0.29) is 10.8 Å². The van der Waals surface area contributed by atoms with E-state index in [1.807, 2.05) is 36.5 Å². The van der Waals surface area contributed by atoms with Gasteiger partial charge in [0.2, 0.25) is 10.0 Å². The lowest BCUT2D eigenvalue weighted by Crippen LogP contribution is -2.31. The number of carbonyl (C=O) groups excluding carboxylic acids is 1. The summed E-state index contributed by atoms with van der Waals surface area (Å²) in [5.74, 6) is -0.304. The minimum Gasteiger partial charge on any atom is -0.352 e.